The van der Waals surface area contributed by atoms with Crippen LogP contribution in [0.15, 0.2) is 48.5 Å². The monoisotopic (exact) mass is 460 g/mol. The van der Waals surface area contributed by atoms with Crippen molar-refractivity contribution in [3.05, 3.63) is 64.7 Å². The predicted molar refractivity (Wildman–Crippen MR) is 126 cm³/mol. The van der Waals surface area contributed by atoms with Crippen LogP contribution in [0.4, 0.5) is 0 Å². The molecule has 3 atom stereocenters. The van der Waals surface area contributed by atoms with Crippen LogP contribution in [0.5, 0.6) is 5.75 Å². The summed E-state index contributed by atoms with van der Waals surface area (Å²) in [6.07, 6.45) is 3.87. The molecule has 32 heavy (non-hydrogen) atoms. The lowest BCUT2D eigenvalue weighted by Gasteiger charge is -2.31. The fourth-order valence-electron chi connectivity index (χ4n) is 4.12. The van der Waals surface area contributed by atoms with Crippen LogP contribution in [0.25, 0.3) is 0 Å². The molecule has 3 N–H and O–H groups in total. The first kappa shape index (κ1) is 24.5. The number of methoxy groups -OCH3 is 1. The minimum Gasteiger partial charge on any atom is -0.484 e. The Morgan fingerprint density at radius 1 is 1.22 bits per heavy atom. The molecule has 0 bridgehead atoms. The number of aliphatic hydroxyl groups is 1. The van der Waals surface area contributed by atoms with E-state index >= 15 is 0 Å². The molecule has 3 rings (SSSR count). The van der Waals surface area contributed by atoms with E-state index in [-0.39, 0.29) is 12.5 Å². The molecule has 0 saturated heterocycles. The maximum atomic E-state index is 11.7. The van der Waals surface area contributed by atoms with Crippen molar-refractivity contribution in [1.82, 2.24) is 10.6 Å². The molecule has 0 radical (unpaired) electrons. The number of benzene rings is 2. The fourth-order valence-corrected chi connectivity index (χ4v) is 4.32. The first-order chi connectivity index (χ1) is 15.5. The van der Waals surface area contributed by atoms with Crippen LogP contribution in [0.3, 0.4) is 0 Å². The molecule has 2 aromatic rings. The van der Waals surface area contributed by atoms with Crippen molar-refractivity contribution >= 4 is 17.5 Å². The van der Waals surface area contributed by atoms with Crippen molar-refractivity contribution in [1.29, 1.82) is 0 Å². The van der Waals surface area contributed by atoms with E-state index in [1.54, 1.807) is 7.11 Å². The molecule has 6 nitrogen and oxygen atoms in total. The number of halogens is 1. The molecule has 0 heterocycles. The van der Waals surface area contributed by atoms with E-state index in [4.69, 9.17) is 21.1 Å². The van der Waals surface area contributed by atoms with Crippen LogP contribution in [-0.2, 0) is 9.53 Å². The highest BCUT2D eigenvalue weighted by molar-refractivity contribution is 6.30. The van der Waals surface area contributed by atoms with Gasteiger partial charge in [0, 0.05) is 31.3 Å². The summed E-state index contributed by atoms with van der Waals surface area (Å²) in [7, 11) is 1.60. The molecule has 3 unspecified atom stereocenters. The van der Waals surface area contributed by atoms with Gasteiger partial charge in [-0.1, -0.05) is 42.3 Å². The summed E-state index contributed by atoms with van der Waals surface area (Å²) in [4.78, 5) is 11.7. The topological polar surface area (TPSA) is 79.8 Å². The third kappa shape index (κ3) is 7.78. The third-order valence-electron chi connectivity index (χ3n) is 5.86. The van der Waals surface area contributed by atoms with E-state index in [0.717, 1.165) is 31.2 Å². The molecule has 7 heteroatoms. The zero-order chi connectivity index (χ0) is 22.8. The van der Waals surface area contributed by atoms with Crippen molar-refractivity contribution in [2.45, 2.75) is 43.7 Å². The Hall–Kier alpha value is -2.12. The largest absolute Gasteiger partial charge is 0.484 e. The second-order valence-corrected chi connectivity index (χ2v) is 8.68. The van der Waals surface area contributed by atoms with E-state index in [2.05, 4.69) is 22.8 Å². The zero-order valence-electron chi connectivity index (χ0n) is 18.6. The van der Waals surface area contributed by atoms with Gasteiger partial charge in [0.2, 0.25) is 0 Å². The summed E-state index contributed by atoms with van der Waals surface area (Å²) in [6.45, 7) is 1.46. The van der Waals surface area contributed by atoms with Gasteiger partial charge in [-0.25, -0.2) is 0 Å². The van der Waals surface area contributed by atoms with Gasteiger partial charge < -0.3 is 25.2 Å². The van der Waals surface area contributed by atoms with E-state index < -0.39 is 6.10 Å². The van der Waals surface area contributed by atoms with Crippen LogP contribution >= 0.6 is 11.6 Å². The maximum Gasteiger partial charge on any atom is 0.258 e. The Kier molecular flexibility index (Phi) is 9.81. The molecule has 0 aromatic heterocycles. The fraction of sp³-hybridized carbons (Fsp3) is 0.480. The second kappa shape index (κ2) is 12.8. The average Bonchev–Trinajstić information content (AvgIpc) is 2.82. The van der Waals surface area contributed by atoms with Gasteiger partial charge in [0.05, 0.1) is 12.7 Å². The number of hydrogen-bond acceptors (Lipinski definition) is 5. The van der Waals surface area contributed by atoms with Crippen molar-refractivity contribution in [3.8, 4) is 5.75 Å². The Morgan fingerprint density at radius 2 is 2.03 bits per heavy atom. The van der Waals surface area contributed by atoms with Gasteiger partial charge in [-0.15, -0.1) is 0 Å². The van der Waals surface area contributed by atoms with Gasteiger partial charge in [-0.2, -0.15) is 0 Å². The van der Waals surface area contributed by atoms with Gasteiger partial charge >= 0.3 is 0 Å². The van der Waals surface area contributed by atoms with E-state index in [0.29, 0.717) is 42.4 Å². The van der Waals surface area contributed by atoms with Crippen LogP contribution in [-0.4, -0.2) is 50.5 Å². The summed E-state index contributed by atoms with van der Waals surface area (Å²) < 4.78 is 10.5. The number of rotatable bonds is 11. The smallest absolute Gasteiger partial charge is 0.258 e. The highest BCUT2D eigenvalue weighted by Gasteiger charge is 2.23. The Morgan fingerprint density at radius 3 is 2.78 bits per heavy atom. The molecule has 174 valence electrons. The van der Waals surface area contributed by atoms with Crippen molar-refractivity contribution in [2.24, 2.45) is 0 Å². The predicted octanol–water partition coefficient (Wildman–Crippen LogP) is 3.83. The number of carbonyl (C=O) groups excluding carboxylic acids is 1. The number of ether oxygens (including phenoxy) is 2. The SMILES string of the molecule is COCCNC(=O)COc1ccc(C2CCCC(NCC(O)c3cccc(Cl)c3)C2)cc1. The lowest BCUT2D eigenvalue weighted by atomic mass is 9.81. The number of hydrogen-bond donors (Lipinski definition) is 3. The first-order valence-electron chi connectivity index (χ1n) is 11.2. The molecule has 1 aliphatic carbocycles. The van der Waals surface area contributed by atoms with Gasteiger partial charge in [-0.3, -0.25) is 4.79 Å². The first-order valence-corrected chi connectivity index (χ1v) is 11.6. The summed E-state index contributed by atoms with van der Waals surface area (Å²) in [5.74, 6) is 0.994. The van der Waals surface area contributed by atoms with Crippen LogP contribution in [0.2, 0.25) is 5.02 Å². The third-order valence-corrected chi connectivity index (χ3v) is 6.09. The van der Waals surface area contributed by atoms with Crippen LogP contribution in [0, 0.1) is 0 Å². The lowest BCUT2D eigenvalue weighted by Crippen LogP contribution is -2.36. The Balaban J connectivity index is 1.44. The van der Waals surface area contributed by atoms with Gasteiger partial charge in [-0.05, 0) is 60.6 Å². The Bertz CT molecular complexity index is 846. The quantitative estimate of drug-likeness (QED) is 0.444. The van der Waals surface area contributed by atoms with Gasteiger partial charge in [0.15, 0.2) is 6.61 Å². The zero-order valence-corrected chi connectivity index (χ0v) is 19.3. The molecule has 1 aliphatic rings. The average molecular weight is 461 g/mol. The molecule has 2 aromatic carbocycles. The summed E-state index contributed by atoms with van der Waals surface area (Å²) in [5, 5.41) is 17.4. The molecule has 0 aliphatic heterocycles. The Labute approximate surface area is 195 Å². The molecule has 1 saturated carbocycles. The molecule has 1 amide bonds. The highest BCUT2D eigenvalue weighted by Crippen LogP contribution is 2.34. The minimum absolute atomic E-state index is 0.00651. The molecule has 0 spiro atoms. The number of carbonyl (C=O) groups is 1. The number of aliphatic hydroxyl groups excluding tert-OH is 1. The molecular weight excluding hydrogens is 428 g/mol. The maximum absolute atomic E-state index is 11.7. The summed E-state index contributed by atoms with van der Waals surface area (Å²) in [6, 6.07) is 15.8. The van der Waals surface area contributed by atoms with Gasteiger partial charge in [0.1, 0.15) is 5.75 Å². The van der Waals surface area contributed by atoms with Crippen molar-refractivity contribution in [3.63, 3.8) is 0 Å². The van der Waals surface area contributed by atoms with E-state index in [9.17, 15) is 9.90 Å². The number of nitrogens with one attached hydrogen (secondary N) is 2. The van der Waals surface area contributed by atoms with E-state index in [1.807, 2.05) is 36.4 Å². The normalized spacial score (nSPS) is 19.3. The second-order valence-electron chi connectivity index (χ2n) is 8.24. The van der Waals surface area contributed by atoms with Gasteiger partial charge in [0.25, 0.3) is 5.91 Å². The van der Waals surface area contributed by atoms with Crippen molar-refractivity contribution < 1.29 is 19.4 Å². The minimum atomic E-state index is -0.572. The standard InChI is InChI=1S/C25H33ClN2O4/c1-31-13-12-27-25(30)17-32-23-10-8-18(9-11-23)19-4-3-7-22(15-19)28-16-24(29)20-5-2-6-21(26)14-20/h2,5-6,8-11,14,19,22,24,28-29H,3-4,7,12-13,15-17H2,1H3,(H,27,30). The molecule has 1 fully saturated rings. The molecular formula is C25H33ClN2O4. The van der Waals surface area contributed by atoms with Crippen LogP contribution in [0.1, 0.15) is 48.8 Å². The van der Waals surface area contributed by atoms with Crippen molar-refractivity contribution in [2.75, 3.05) is 33.4 Å². The highest BCUT2D eigenvalue weighted by atomic mass is 35.5. The summed E-state index contributed by atoms with van der Waals surface area (Å²) in [5.41, 5.74) is 2.11. The lowest BCUT2D eigenvalue weighted by molar-refractivity contribution is -0.123. The van der Waals surface area contributed by atoms with E-state index in [1.165, 1.54) is 5.56 Å². The van der Waals surface area contributed by atoms with Crippen LogP contribution < -0.4 is 15.4 Å². The number of amides is 1. The summed E-state index contributed by atoms with van der Waals surface area (Å²) >= 11 is 6.03.